The van der Waals surface area contributed by atoms with Gasteiger partial charge in [0.1, 0.15) is 6.04 Å². The van der Waals surface area contributed by atoms with Crippen LogP contribution in [-0.4, -0.2) is 53.2 Å². The number of nitrogens with one attached hydrogen (secondary N) is 1. The van der Waals surface area contributed by atoms with Gasteiger partial charge in [-0.2, -0.15) is 0 Å². The normalized spacial score (nSPS) is 15.6. The molecule has 6 heteroatoms. The zero-order valence-corrected chi connectivity index (χ0v) is 17.4. The minimum Gasteiger partial charge on any atom is -0.345 e. The van der Waals surface area contributed by atoms with E-state index in [2.05, 4.69) is 5.32 Å². The standard InChI is InChI=1S/C24H29N3O3/c1-2-26(18-20-12-7-4-8-13-20)23(29)17-25-24(30)21-14-9-15-27(21)22(28)16-19-10-5-3-6-11-19/h3-8,10-13,21H,2,9,14-18H2,1H3,(H,25,30). The summed E-state index contributed by atoms with van der Waals surface area (Å²) in [5.74, 6) is -0.433. The lowest BCUT2D eigenvalue weighted by molar-refractivity contribution is -0.139. The number of carbonyl (C=O) groups is 3. The zero-order valence-electron chi connectivity index (χ0n) is 17.4. The molecule has 1 fully saturated rings. The number of nitrogens with zero attached hydrogens (tertiary/aromatic N) is 2. The number of rotatable bonds is 8. The van der Waals surface area contributed by atoms with Crippen LogP contribution < -0.4 is 5.32 Å². The number of likely N-dealkylation sites (N-methyl/N-ethyl adjacent to an activating group) is 1. The molecule has 0 radical (unpaired) electrons. The molecule has 1 unspecified atom stereocenters. The maximum atomic E-state index is 12.7. The molecule has 1 saturated heterocycles. The summed E-state index contributed by atoms with van der Waals surface area (Å²) in [6.07, 6.45) is 1.70. The SMILES string of the molecule is CCN(Cc1ccccc1)C(=O)CNC(=O)C1CCCN1C(=O)Cc1ccccc1. The van der Waals surface area contributed by atoms with Crippen molar-refractivity contribution in [3.05, 3.63) is 71.8 Å². The lowest BCUT2D eigenvalue weighted by Crippen LogP contribution is -2.49. The van der Waals surface area contributed by atoms with Crippen LogP contribution in [0.1, 0.15) is 30.9 Å². The maximum Gasteiger partial charge on any atom is 0.243 e. The van der Waals surface area contributed by atoms with Crippen molar-refractivity contribution in [2.75, 3.05) is 19.6 Å². The highest BCUT2D eigenvalue weighted by molar-refractivity contribution is 5.91. The highest BCUT2D eigenvalue weighted by Gasteiger charge is 2.34. The molecular formula is C24H29N3O3. The number of hydrogen-bond donors (Lipinski definition) is 1. The molecule has 3 rings (SSSR count). The molecular weight excluding hydrogens is 378 g/mol. The van der Waals surface area contributed by atoms with Crippen LogP contribution in [0.4, 0.5) is 0 Å². The highest BCUT2D eigenvalue weighted by atomic mass is 16.2. The van der Waals surface area contributed by atoms with Crippen molar-refractivity contribution in [1.82, 2.24) is 15.1 Å². The first-order chi connectivity index (χ1) is 14.6. The van der Waals surface area contributed by atoms with Crippen molar-refractivity contribution in [3.63, 3.8) is 0 Å². The van der Waals surface area contributed by atoms with Gasteiger partial charge in [-0.1, -0.05) is 60.7 Å². The summed E-state index contributed by atoms with van der Waals surface area (Å²) < 4.78 is 0. The number of carbonyl (C=O) groups excluding carboxylic acids is 3. The van der Waals surface area contributed by atoms with E-state index in [0.717, 1.165) is 17.5 Å². The smallest absolute Gasteiger partial charge is 0.243 e. The Morgan fingerprint density at radius 3 is 2.27 bits per heavy atom. The van der Waals surface area contributed by atoms with Crippen LogP contribution in [0.5, 0.6) is 0 Å². The largest absolute Gasteiger partial charge is 0.345 e. The van der Waals surface area contributed by atoms with Crippen molar-refractivity contribution < 1.29 is 14.4 Å². The van der Waals surface area contributed by atoms with E-state index in [0.29, 0.717) is 26.1 Å². The Kier molecular flexibility index (Phi) is 7.60. The van der Waals surface area contributed by atoms with E-state index in [-0.39, 0.29) is 30.7 Å². The third-order valence-electron chi connectivity index (χ3n) is 5.44. The first-order valence-corrected chi connectivity index (χ1v) is 10.5. The summed E-state index contributed by atoms with van der Waals surface area (Å²) in [6, 6.07) is 18.8. The van der Waals surface area contributed by atoms with Crippen molar-refractivity contribution in [1.29, 1.82) is 0 Å². The average Bonchev–Trinajstić information content (AvgIpc) is 3.27. The predicted molar refractivity (Wildman–Crippen MR) is 115 cm³/mol. The first kappa shape index (κ1) is 21.6. The van der Waals surface area contributed by atoms with E-state index in [4.69, 9.17) is 0 Å². The van der Waals surface area contributed by atoms with Crippen LogP contribution >= 0.6 is 0 Å². The van der Waals surface area contributed by atoms with E-state index >= 15 is 0 Å². The topological polar surface area (TPSA) is 69.7 Å². The Balaban J connectivity index is 1.52. The molecule has 1 atom stereocenters. The number of amides is 3. The number of benzene rings is 2. The van der Waals surface area contributed by atoms with Gasteiger partial charge in [-0.05, 0) is 30.9 Å². The summed E-state index contributed by atoms with van der Waals surface area (Å²) in [4.78, 5) is 41.4. The van der Waals surface area contributed by atoms with Gasteiger partial charge in [0.25, 0.3) is 0 Å². The van der Waals surface area contributed by atoms with E-state index in [1.807, 2.05) is 67.6 Å². The minimum atomic E-state index is -0.502. The Hall–Kier alpha value is -3.15. The fourth-order valence-electron chi connectivity index (χ4n) is 3.78. The fourth-order valence-corrected chi connectivity index (χ4v) is 3.78. The van der Waals surface area contributed by atoms with Crippen LogP contribution in [0.25, 0.3) is 0 Å². The third-order valence-corrected chi connectivity index (χ3v) is 5.44. The molecule has 0 spiro atoms. The van der Waals surface area contributed by atoms with E-state index in [1.54, 1.807) is 9.80 Å². The summed E-state index contributed by atoms with van der Waals surface area (Å²) >= 11 is 0. The summed E-state index contributed by atoms with van der Waals surface area (Å²) in [7, 11) is 0. The molecule has 0 saturated carbocycles. The molecule has 158 valence electrons. The lowest BCUT2D eigenvalue weighted by atomic mass is 10.1. The van der Waals surface area contributed by atoms with E-state index < -0.39 is 6.04 Å². The predicted octanol–water partition coefficient (Wildman–Crippen LogP) is 2.38. The van der Waals surface area contributed by atoms with Gasteiger partial charge in [0.15, 0.2) is 0 Å². The van der Waals surface area contributed by atoms with Gasteiger partial charge in [-0.25, -0.2) is 0 Å². The summed E-state index contributed by atoms with van der Waals surface area (Å²) in [6.45, 7) is 3.51. The van der Waals surface area contributed by atoms with Crippen molar-refractivity contribution in [2.45, 2.75) is 38.8 Å². The molecule has 1 N–H and O–H groups in total. The summed E-state index contributed by atoms with van der Waals surface area (Å²) in [5.41, 5.74) is 1.98. The van der Waals surface area contributed by atoms with Gasteiger partial charge in [0.2, 0.25) is 17.7 Å². The number of likely N-dealkylation sites (tertiary alicyclic amines) is 1. The van der Waals surface area contributed by atoms with Gasteiger partial charge >= 0.3 is 0 Å². The Morgan fingerprint density at radius 1 is 1.00 bits per heavy atom. The molecule has 1 aliphatic rings. The highest BCUT2D eigenvalue weighted by Crippen LogP contribution is 2.19. The van der Waals surface area contributed by atoms with Crippen molar-refractivity contribution >= 4 is 17.7 Å². The van der Waals surface area contributed by atoms with Crippen LogP contribution in [0.2, 0.25) is 0 Å². The molecule has 0 bridgehead atoms. The van der Waals surface area contributed by atoms with Gasteiger partial charge in [0.05, 0.1) is 13.0 Å². The lowest BCUT2D eigenvalue weighted by Gasteiger charge is -2.25. The molecule has 1 aliphatic heterocycles. The second-order valence-electron chi connectivity index (χ2n) is 7.52. The van der Waals surface area contributed by atoms with E-state index in [1.165, 1.54) is 0 Å². The fraction of sp³-hybridized carbons (Fsp3) is 0.375. The van der Waals surface area contributed by atoms with Crippen LogP contribution in [0.3, 0.4) is 0 Å². The maximum absolute atomic E-state index is 12.7. The molecule has 2 aromatic carbocycles. The third kappa shape index (κ3) is 5.69. The summed E-state index contributed by atoms with van der Waals surface area (Å²) in [5, 5.41) is 2.75. The van der Waals surface area contributed by atoms with Gasteiger partial charge in [-0.3, -0.25) is 14.4 Å². The first-order valence-electron chi connectivity index (χ1n) is 10.5. The van der Waals surface area contributed by atoms with Crippen LogP contribution in [0.15, 0.2) is 60.7 Å². The monoisotopic (exact) mass is 407 g/mol. The van der Waals surface area contributed by atoms with Crippen molar-refractivity contribution in [3.8, 4) is 0 Å². The van der Waals surface area contributed by atoms with Crippen LogP contribution in [0, 0.1) is 0 Å². The molecule has 2 aromatic rings. The molecule has 1 heterocycles. The molecule has 6 nitrogen and oxygen atoms in total. The van der Waals surface area contributed by atoms with Gasteiger partial charge in [0, 0.05) is 19.6 Å². The van der Waals surface area contributed by atoms with E-state index in [9.17, 15) is 14.4 Å². The molecule has 0 aromatic heterocycles. The molecule has 30 heavy (non-hydrogen) atoms. The van der Waals surface area contributed by atoms with Gasteiger partial charge < -0.3 is 15.1 Å². The van der Waals surface area contributed by atoms with Crippen LogP contribution in [-0.2, 0) is 27.3 Å². The Morgan fingerprint density at radius 2 is 1.63 bits per heavy atom. The van der Waals surface area contributed by atoms with Gasteiger partial charge in [-0.15, -0.1) is 0 Å². The molecule has 0 aliphatic carbocycles. The second kappa shape index (κ2) is 10.6. The Labute approximate surface area is 177 Å². The quantitative estimate of drug-likeness (QED) is 0.731. The number of hydrogen-bond acceptors (Lipinski definition) is 3. The second-order valence-corrected chi connectivity index (χ2v) is 7.52. The van der Waals surface area contributed by atoms with Crippen molar-refractivity contribution in [2.24, 2.45) is 0 Å². The Bertz CT molecular complexity index is 855. The minimum absolute atomic E-state index is 0.0514. The zero-order chi connectivity index (χ0) is 21.3. The molecule has 3 amide bonds. The average molecular weight is 408 g/mol.